The summed E-state index contributed by atoms with van der Waals surface area (Å²) in [5.41, 5.74) is 3.30. The van der Waals surface area contributed by atoms with E-state index in [1.165, 1.54) is 17.0 Å². The van der Waals surface area contributed by atoms with Gasteiger partial charge in [-0.05, 0) is 11.6 Å². The number of fused-ring (bicyclic) bond motifs is 1. The van der Waals surface area contributed by atoms with E-state index in [2.05, 4.69) is 10.5 Å². The second-order valence-corrected chi connectivity index (χ2v) is 6.90. The minimum atomic E-state index is -0.572. The van der Waals surface area contributed by atoms with Crippen molar-refractivity contribution in [1.29, 1.82) is 0 Å². The van der Waals surface area contributed by atoms with Crippen molar-refractivity contribution < 1.29 is 24.0 Å². The fraction of sp³-hybridized carbons (Fsp3) is 0.250. The van der Waals surface area contributed by atoms with Crippen molar-refractivity contribution in [3.8, 4) is 11.5 Å². The van der Waals surface area contributed by atoms with Crippen LogP contribution in [0.15, 0.2) is 47.6 Å². The summed E-state index contributed by atoms with van der Waals surface area (Å²) in [5.74, 6) is 0.101. The molecular weight excluding hydrogens is 392 g/mol. The number of amides is 2. The molecule has 2 aliphatic heterocycles. The number of carbonyl (C=O) groups excluding carboxylic acids is 2. The van der Waals surface area contributed by atoms with E-state index in [-0.39, 0.29) is 42.2 Å². The number of hydrogen-bond donors (Lipinski definition) is 1. The highest BCUT2D eigenvalue weighted by molar-refractivity contribution is 5.90. The summed E-state index contributed by atoms with van der Waals surface area (Å²) in [4.78, 5) is 36.6. The Balaban J connectivity index is 1.37. The van der Waals surface area contributed by atoms with E-state index in [0.29, 0.717) is 18.7 Å². The maximum absolute atomic E-state index is 12.2. The summed E-state index contributed by atoms with van der Waals surface area (Å²) in [6.07, 6.45) is 1.51. The zero-order chi connectivity index (χ0) is 21.1. The molecule has 2 aliphatic rings. The number of rotatable bonds is 6. The third-order valence-electron chi connectivity index (χ3n) is 4.93. The van der Waals surface area contributed by atoms with Crippen molar-refractivity contribution in [2.24, 2.45) is 5.10 Å². The number of ether oxygens (including phenoxy) is 2. The molecular formula is C20H18N4O6. The van der Waals surface area contributed by atoms with Gasteiger partial charge in [-0.3, -0.25) is 19.7 Å². The van der Waals surface area contributed by atoms with Gasteiger partial charge in [0.2, 0.25) is 12.7 Å². The minimum Gasteiger partial charge on any atom is -0.454 e. The van der Waals surface area contributed by atoms with Crippen LogP contribution in [0.4, 0.5) is 5.69 Å². The lowest BCUT2D eigenvalue weighted by molar-refractivity contribution is -0.385. The molecule has 2 aromatic carbocycles. The van der Waals surface area contributed by atoms with E-state index >= 15 is 0 Å². The fourth-order valence-electron chi connectivity index (χ4n) is 3.46. The van der Waals surface area contributed by atoms with Crippen LogP contribution in [0.2, 0.25) is 0 Å². The summed E-state index contributed by atoms with van der Waals surface area (Å²) in [6.45, 7) is 0.300. The topological polar surface area (TPSA) is 123 Å². The van der Waals surface area contributed by atoms with Gasteiger partial charge in [0.25, 0.3) is 11.6 Å². The van der Waals surface area contributed by atoms with Gasteiger partial charge in [0.1, 0.15) is 6.54 Å². The zero-order valence-corrected chi connectivity index (χ0v) is 15.8. The normalized spacial score (nSPS) is 17.5. The Kier molecular flexibility index (Phi) is 5.29. The van der Waals surface area contributed by atoms with Crippen LogP contribution in [0.5, 0.6) is 11.5 Å². The number of hydrogen-bond acceptors (Lipinski definition) is 7. The molecule has 10 nitrogen and oxygen atoms in total. The van der Waals surface area contributed by atoms with Gasteiger partial charge in [-0.1, -0.05) is 30.3 Å². The van der Waals surface area contributed by atoms with Gasteiger partial charge in [0.05, 0.1) is 22.8 Å². The molecule has 0 unspecified atom stereocenters. The van der Waals surface area contributed by atoms with Crippen LogP contribution in [0, 0.1) is 10.1 Å². The van der Waals surface area contributed by atoms with Gasteiger partial charge in [-0.25, -0.2) is 5.43 Å². The number of hydrazone groups is 1. The summed E-state index contributed by atoms with van der Waals surface area (Å²) in [6, 6.07) is 12.3. The predicted octanol–water partition coefficient (Wildman–Crippen LogP) is 1.79. The molecule has 1 saturated heterocycles. The van der Waals surface area contributed by atoms with Crippen molar-refractivity contribution in [2.45, 2.75) is 12.3 Å². The molecule has 2 heterocycles. The first kappa shape index (κ1) is 19.4. The van der Waals surface area contributed by atoms with Crippen molar-refractivity contribution in [1.82, 2.24) is 10.3 Å². The molecule has 2 aromatic rings. The quantitative estimate of drug-likeness (QED) is 0.440. The Morgan fingerprint density at radius 1 is 1.27 bits per heavy atom. The average Bonchev–Trinajstić information content (AvgIpc) is 3.34. The summed E-state index contributed by atoms with van der Waals surface area (Å²) in [5, 5.41) is 15.0. The number of nitro groups is 1. The number of carbonyl (C=O) groups is 2. The first-order valence-electron chi connectivity index (χ1n) is 9.24. The fourth-order valence-corrected chi connectivity index (χ4v) is 3.46. The molecule has 0 bridgehead atoms. The van der Waals surface area contributed by atoms with Crippen LogP contribution in [0.3, 0.4) is 0 Å². The Morgan fingerprint density at radius 3 is 2.73 bits per heavy atom. The monoisotopic (exact) mass is 410 g/mol. The molecule has 1 N–H and O–H groups in total. The third kappa shape index (κ3) is 4.07. The highest BCUT2D eigenvalue weighted by Crippen LogP contribution is 2.37. The Bertz CT molecular complexity index is 1020. The molecule has 1 fully saturated rings. The molecule has 30 heavy (non-hydrogen) atoms. The van der Waals surface area contributed by atoms with E-state index in [9.17, 15) is 19.7 Å². The van der Waals surface area contributed by atoms with E-state index in [1.54, 1.807) is 0 Å². The number of benzene rings is 2. The van der Waals surface area contributed by atoms with E-state index in [0.717, 1.165) is 11.8 Å². The maximum Gasteiger partial charge on any atom is 0.282 e. The van der Waals surface area contributed by atoms with Crippen LogP contribution in [0.1, 0.15) is 23.5 Å². The van der Waals surface area contributed by atoms with E-state index in [4.69, 9.17) is 9.47 Å². The Morgan fingerprint density at radius 2 is 2.00 bits per heavy atom. The summed E-state index contributed by atoms with van der Waals surface area (Å²) < 4.78 is 10.3. The lowest BCUT2D eigenvalue weighted by Gasteiger charge is -2.15. The number of nitrogens with zero attached hydrogens (tertiary/aromatic N) is 3. The first-order chi connectivity index (χ1) is 14.5. The molecule has 0 radical (unpaired) electrons. The standard InChI is InChI=1S/C20H18N4O6/c25-19(11-23-10-15(7-20(23)26)13-4-2-1-3-5-13)22-21-9-14-6-17-18(30-12-29-17)8-16(14)24(27)28/h1-6,8-9,15H,7,10-12H2,(H,22,25)/b21-9-/t15-/m1/s1. The molecule has 0 spiro atoms. The van der Waals surface area contributed by atoms with Crippen LogP contribution in [0.25, 0.3) is 0 Å². The molecule has 0 aromatic heterocycles. The summed E-state index contributed by atoms with van der Waals surface area (Å²) >= 11 is 0. The lowest BCUT2D eigenvalue weighted by Crippen LogP contribution is -2.36. The lowest BCUT2D eigenvalue weighted by atomic mass is 9.99. The van der Waals surface area contributed by atoms with E-state index < -0.39 is 10.8 Å². The summed E-state index contributed by atoms with van der Waals surface area (Å²) in [7, 11) is 0. The second-order valence-electron chi connectivity index (χ2n) is 6.90. The van der Waals surface area contributed by atoms with E-state index in [1.807, 2.05) is 30.3 Å². The molecule has 0 aliphatic carbocycles. The number of nitro benzene ring substituents is 1. The highest BCUT2D eigenvalue weighted by Gasteiger charge is 2.31. The van der Waals surface area contributed by atoms with Gasteiger partial charge >= 0.3 is 0 Å². The van der Waals surface area contributed by atoms with Crippen molar-refractivity contribution in [2.75, 3.05) is 19.9 Å². The van der Waals surface area contributed by atoms with Crippen molar-refractivity contribution >= 4 is 23.7 Å². The largest absolute Gasteiger partial charge is 0.454 e. The first-order valence-corrected chi connectivity index (χ1v) is 9.24. The molecule has 0 saturated carbocycles. The van der Waals surface area contributed by atoms with Gasteiger partial charge in [-0.15, -0.1) is 0 Å². The maximum atomic E-state index is 12.2. The van der Waals surface area contributed by atoms with Crippen LogP contribution in [-0.2, 0) is 9.59 Å². The Hall–Kier alpha value is -3.95. The SMILES string of the molecule is O=C(CN1C[C@H](c2ccccc2)CC1=O)N/N=C\c1cc2c(cc1[N+](=O)[O-])OCO2. The molecule has 2 amide bonds. The smallest absolute Gasteiger partial charge is 0.282 e. The molecule has 10 heteroatoms. The van der Waals surface area contributed by atoms with Gasteiger partial charge in [0.15, 0.2) is 11.5 Å². The van der Waals surface area contributed by atoms with Crippen molar-refractivity contribution in [3.63, 3.8) is 0 Å². The van der Waals surface area contributed by atoms with Crippen molar-refractivity contribution in [3.05, 3.63) is 63.7 Å². The average molecular weight is 410 g/mol. The third-order valence-corrected chi connectivity index (χ3v) is 4.93. The molecule has 4 rings (SSSR count). The van der Waals surface area contributed by atoms with Crippen LogP contribution < -0.4 is 14.9 Å². The predicted molar refractivity (Wildman–Crippen MR) is 105 cm³/mol. The second kappa shape index (κ2) is 8.19. The Labute approximate surface area is 171 Å². The van der Waals surface area contributed by atoms with Crippen LogP contribution >= 0.6 is 0 Å². The van der Waals surface area contributed by atoms with Gasteiger partial charge in [-0.2, -0.15) is 5.10 Å². The van der Waals surface area contributed by atoms with Crippen LogP contribution in [-0.4, -0.2) is 47.7 Å². The van der Waals surface area contributed by atoms with Gasteiger partial charge in [0, 0.05) is 18.9 Å². The number of likely N-dealkylation sites (tertiary alicyclic amines) is 1. The molecule has 154 valence electrons. The number of nitrogens with one attached hydrogen (secondary N) is 1. The minimum absolute atomic E-state index is 0.0162. The molecule has 1 atom stereocenters. The highest BCUT2D eigenvalue weighted by atomic mass is 16.7. The zero-order valence-electron chi connectivity index (χ0n) is 15.8. The van der Waals surface area contributed by atoms with Gasteiger partial charge < -0.3 is 14.4 Å².